The highest BCUT2D eigenvalue weighted by Crippen LogP contribution is 2.27. The van der Waals surface area contributed by atoms with Crippen LogP contribution in [0.4, 0.5) is 5.69 Å². The molecule has 9 heteroatoms. The number of carbonyl (C=O) groups is 2. The Hall–Kier alpha value is -2.23. The van der Waals surface area contributed by atoms with Crippen LogP contribution in [0.25, 0.3) is 0 Å². The SMILES string of the molecule is CCOC(=O)c1ccccc1NC(=O)C1CCCN(S(=O)(=O)c2cccs2)C1. The minimum absolute atomic E-state index is 0.119. The van der Waals surface area contributed by atoms with E-state index < -0.39 is 21.9 Å². The zero-order valence-electron chi connectivity index (χ0n) is 15.5. The largest absolute Gasteiger partial charge is 0.462 e. The number of piperidine rings is 1. The maximum atomic E-state index is 12.8. The number of hydrogen-bond donors (Lipinski definition) is 1. The lowest BCUT2D eigenvalue weighted by atomic mass is 9.98. The highest BCUT2D eigenvalue weighted by Gasteiger charge is 2.34. The first-order chi connectivity index (χ1) is 13.4. The van der Waals surface area contributed by atoms with E-state index in [4.69, 9.17) is 4.74 Å². The van der Waals surface area contributed by atoms with Crippen LogP contribution in [0.1, 0.15) is 30.1 Å². The van der Waals surface area contributed by atoms with Crippen molar-refractivity contribution in [1.82, 2.24) is 4.31 Å². The van der Waals surface area contributed by atoms with E-state index in [9.17, 15) is 18.0 Å². The van der Waals surface area contributed by atoms with Crippen molar-refractivity contribution < 1.29 is 22.7 Å². The molecule has 0 aliphatic carbocycles. The predicted molar refractivity (Wildman–Crippen MR) is 107 cm³/mol. The van der Waals surface area contributed by atoms with Gasteiger partial charge in [0.2, 0.25) is 5.91 Å². The molecule has 1 atom stereocenters. The molecule has 0 saturated carbocycles. The van der Waals surface area contributed by atoms with E-state index in [1.54, 1.807) is 48.7 Å². The summed E-state index contributed by atoms with van der Waals surface area (Å²) < 4.78 is 32.1. The van der Waals surface area contributed by atoms with Gasteiger partial charge < -0.3 is 10.1 Å². The number of rotatable bonds is 6. The Morgan fingerprint density at radius 2 is 2.04 bits per heavy atom. The summed E-state index contributed by atoms with van der Waals surface area (Å²) >= 11 is 1.16. The van der Waals surface area contributed by atoms with Gasteiger partial charge in [0.15, 0.2) is 0 Å². The van der Waals surface area contributed by atoms with Crippen molar-refractivity contribution >= 4 is 38.9 Å². The van der Waals surface area contributed by atoms with Crippen LogP contribution in [0, 0.1) is 5.92 Å². The van der Waals surface area contributed by atoms with Gasteiger partial charge in [-0.2, -0.15) is 4.31 Å². The third-order valence-corrected chi connectivity index (χ3v) is 7.76. The van der Waals surface area contributed by atoms with Crippen molar-refractivity contribution in [3.8, 4) is 0 Å². The van der Waals surface area contributed by atoms with E-state index in [-0.39, 0.29) is 28.8 Å². The van der Waals surface area contributed by atoms with E-state index >= 15 is 0 Å². The molecule has 1 aromatic carbocycles. The third-order valence-electron chi connectivity index (χ3n) is 4.52. The first-order valence-electron chi connectivity index (χ1n) is 9.04. The summed E-state index contributed by atoms with van der Waals surface area (Å²) in [5.74, 6) is -1.30. The second-order valence-corrected chi connectivity index (χ2v) is 9.50. The Morgan fingerprint density at radius 3 is 2.75 bits per heavy atom. The zero-order valence-corrected chi connectivity index (χ0v) is 17.1. The molecular formula is C19H22N2O5S2. The molecule has 0 radical (unpaired) electrons. The van der Waals surface area contributed by atoms with Crippen molar-refractivity contribution in [2.24, 2.45) is 5.92 Å². The van der Waals surface area contributed by atoms with Crippen molar-refractivity contribution in [3.63, 3.8) is 0 Å². The normalized spacial score (nSPS) is 17.8. The fraction of sp³-hybridized carbons (Fsp3) is 0.368. The summed E-state index contributed by atoms with van der Waals surface area (Å²) in [7, 11) is -3.59. The average molecular weight is 423 g/mol. The molecule has 3 rings (SSSR count). The quantitative estimate of drug-likeness (QED) is 0.723. The van der Waals surface area contributed by atoms with Crippen LogP contribution < -0.4 is 5.32 Å². The second kappa shape index (κ2) is 8.85. The number of carbonyl (C=O) groups excluding carboxylic acids is 2. The third kappa shape index (κ3) is 4.43. The number of esters is 1. The van der Waals surface area contributed by atoms with E-state index in [0.717, 1.165) is 11.3 Å². The maximum absolute atomic E-state index is 12.8. The molecule has 2 aromatic rings. The molecule has 2 heterocycles. The van der Waals surface area contributed by atoms with Crippen LogP contribution in [0.15, 0.2) is 46.0 Å². The molecule has 28 heavy (non-hydrogen) atoms. The van der Waals surface area contributed by atoms with Crippen molar-refractivity contribution in [2.45, 2.75) is 24.0 Å². The highest BCUT2D eigenvalue weighted by molar-refractivity contribution is 7.91. The molecule has 1 fully saturated rings. The molecule has 7 nitrogen and oxygen atoms in total. The minimum atomic E-state index is -3.59. The van der Waals surface area contributed by atoms with Gasteiger partial charge in [0, 0.05) is 13.1 Å². The van der Waals surface area contributed by atoms with Crippen LogP contribution in [0.5, 0.6) is 0 Å². The lowest BCUT2D eigenvalue weighted by molar-refractivity contribution is -0.120. The van der Waals surface area contributed by atoms with Gasteiger partial charge in [0.05, 0.1) is 23.8 Å². The van der Waals surface area contributed by atoms with Gasteiger partial charge in [-0.05, 0) is 43.3 Å². The molecule has 0 bridgehead atoms. The van der Waals surface area contributed by atoms with Gasteiger partial charge in [-0.3, -0.25) is 4.79 Å². The molecule has 150 valence electrons. The van der Waals surface area contributed by atoms with Crippen LogP contribution in [0.3, 0.4) is 0 Å². The maximum Gasteiger partial charge on any atom is 0.340 e. The van der Waals surface area contributed by atoms with E-state index in [1.807, 2.05) is 0 Å². The topological polar surface area (TPSA) is 92.8 Å². The van der Waals surface area contributed by atoms with Crippen LogP contribution >= 0.6 is 11.3 Å². The predicted octanol–water partition coefficient (Wildman–Crippen LogP) is 2.96. The Kier molecular flexibility index (Phi) is 6.48. The fourth-order valence-electron chi connectivity index (χ4n) is 3.13. The minimum Gasteiger partial charge on any atom is -0.462 e. The Balaban J connectivity index is 1.73. The summed E-state index contributed by atoms with van der Waals surface area (Å²) in [5.41, 5.74) is 0.640. The zero-order chi connectivity index (χ0) is 20.1. The molecule has 1 aromatic heterocycles. The van der Waals surface area contributed by atoms with Gasteiger partial charge in [0.25, 0.3) is 10.0 Å². The monoisotopic (exact) mass is 422 g/mol. The van der Waals surface area contributed by atoms with Crippen LogP contribution in [-0.4, -0.2) is 44.3 Å². The van der Waals surface area contributed by atoms with Gasteiger partial charge in [-0.15, -0.1) is 11.3 Å². The summed E-state index contributed by atoms with van der Waals surface area (Å²) in [6.45, 7) is 2.46. The summed E-state index contributed by atoms with van der Waals surface area (Å²) in [6, 6.07) is 9.89. The summed E-state index contributed by atoms with van der Waals surface area (Å²) in [6.07, 6.45) is 1.19. The smallest absolute Gasteiger partial charge is 0.340 e. The molecule has 1 amide bonds. The van der Waals surface area contributed by atoms with Gasteiger partial charge in [-0.1, -0.05) is 18.2 Å². The Morgan fingerprint density at radius 1 is 1.25 bits per heavy atom. The Labute approximate surface area is 168 Å². The number of thiophene rings is 1. The second-order valence-electron chi connectivity index (χ2n) is 6.39. The number of anilines is 1. The Bertz CT molecular complexity index is 941. The molecule has 1 saturated heterocycles. The van der Waals surface area contributed by atoms with Gasteiger partial charge >= 0.3 is 5.97 Å². The first-order valence-corrected chi connectivity index (χ1v) is 11.4. The lowest BCUT2D eigenvalue weighted by Crippen LogP contribution is -2.43. The fourth-order valence-corrected chi connectivity index (χ4v) is 5.79. The number of nitrogens with zero attached hydrogens (tertiary/aromatic N) is 1. The van der Waals surface area contributed by atoms with Crippen LogP contribution in [0.2, 0.25) is 0 Å². The summed E-state index contributed by atoms with van der Waals surface area (Å²) in [5, 5.41) is 4.48. The number of sulfonamides is 1. The van der Waals surface area contributed by atoms with Crippen molar-refractivity contribution in [3.05, 3.63) is 47.3 Å². The van der Waals surface area contributed by atoms with Gasteiger partial charge in [-0.25, -0.2) is 13.2 Å². The van der Waals surface area contributed by atoms with E-state index in [0.29, 0.717) is 25.1 Å². The lowest BCUT2D eigenvalue weighted by Gasteiger charge is -2.30. The number of nitrogens with one attached hydrogen (secondary N) is 1. The highest BCUT2D eigenvalue weighted by atomic mass is 32.2. The average Bonchev–Trinajstić information content (AvgIpc) is 3.24. The van der Waals surface area contributed by atoms with Crippen molar-refractivity contribution in [1.29, 1.82) is 0 Å². The van der Waals surface area contributed by atoms with Crippen molar-refractivity contribution in [2.75, 3.05) is 25.0 Å². The number of ether oxygens (including phenoxy) is 1. The molecule has 1 aliphatic rings. The molecular weight excluding hydrogens is 400 g/mol. The first kappa shape index (κ1) is 20.5. The summed E-state index contributed by atoms with van der Waals surface area (Å²) in [4.78, 5) is 24.9. The number of hydrogen-bond acceptors (Lipinski definition) is 6. The molecule has 1 unspecified atom stereocenters. The standard InChI is InChI=1S/C19H22N2O5S2/c1-2-26-19(23)15-8-3-4-9-16(15)20-18(22)14-7-5-11-21(13-14)28(24,25)17-10-6-12-27-17/h3-4,6,8-10,12,14H,2,5,7,11,13H2,1H3,(H,20,22). The van der Waals surface area contributed by atoms with E-state index in [2.05, 4.69) is 5.32 Å². The molecule has 0 spiro atoms. The molecule has 1 N–H and O–H groups in total. The number of benzene rings is 1. The number of para-hydroxylation sites is 1. The van der Waals surface area contributed by atoms with Gasteiger partial charge in [0.1, 0.15) is 4.21 Å². The van der Waals surface area contributed by atoms with E-state index in [1.165, 1.54) is 4.31 Å². The number of amides is 1. The van der Waals surface area contributed by atoms with Crippen LogP contribution in [-0.2, 0) is 19.6 Å². The molecule has 1 aliphatic heterocycles.